The van der Waals surface area contributed by atoms with Crippen LogP contribution in [0, 0.1) is 6.92 Å². The number of nitrogen functional groups attached to an aromatic ring is 1. The van der Waals surface area contributed by atoms with Gasteiger partial charge in [0.15, 0.2) is 0 Å². The first-order valence-electron chi connectivity index (χ1n) is 5.58. The maximum Gasteiger partial charge on any atom is 0.233 e. The summed E-state index contributed by atoms with van der Waals surface area (Å²) in [7, 11) is 3.71. The standard InChI is InChI=1S/C12H16N6/c1-8-6-4-5-7-9(8)14-11-15-10(13)16-12(17-11)18(2)3/h4-7H,1-3H3,(H3,13,14,15,16,17). The van der Waals surface area contributed by atoms with E-state index in [-0.39, 0.29) is 5.95 Å². The summed E-state index contributed by atoms with van der Waals surface area (Å²) in [5, 5.41) is 3.14. The molecule has 1 aromatic carbocycles. The topological polar surface area (TPSA) is 80.0 Å². The summed E-state index contributed by atoms with van der Waals surface area (Å²) in [6.45, 7) is 2.01. The number of benzene rings is 1. The van der Waals surface area contributed by atoms with Crippen LogP contribution in [0.25, 0.3) is 0 Å². The number of rotatable bonds is 3. The summed E-state index contributed by atoms with van der Waals surface area (Å²) in [5.74, 6) is 1.17. The van der Waals surface area contributed by atoms with Crippen molar-refractivity contribution in [2.45, 2.75) is 6.92 Å². The SMILES string of the molecule is Cc1ccccc1Nc1nc(N)nc(N(C)C)n1. The monoisotopic (exact) mass is 244 g/mol. The van der Waals surface area contributed by atoms with E-state index in [2.05, 4.69) is 20.3 Å². The van der Waals surface area contributed by atoms with E-state index in [0.717, 1.165) is 11.3 Å². The molecule has 0 bridgehead atoms. The lowest BCUT2D eigenvalue weighted by Gasteiger charge is -2.13. The van der Waals surface area contributed by atoms with Crippen LogP contribution in [-0.4, -0.2) is 29.0 Å². The number of para-hydroxylation sites is 1. The van der Waals surface area contributed by atoms with E-state index in [9.17, 15) is 0 Å². The van der Waals surface area contributed by atoms with Crippen LogP contribution in [0.15, 0.2) is 24.3 Å². The molecule has 2 aromatic rings. The van der Waals surface area contributed by atoms with Crippen molar-refractivity contribution in [3.63, 3.8) is 0 Å². The van der Waals surface area contributed by atoms with Crippen LogP contribution in [0.5, 0.6) is 0 Å². The zero-order valence-electron chi connectivity index (χ0n) is 10.7. The minimum absolute atomic E-state index is 0.199. The van der Waals surface area contributed by atoms with Gasteiger partial charge in [0, 0.05) is 19.8 Å². The average Bonchev–Trinajstić information content (AvgIpc) is 2.31. The number of hydrogen-bond acceptors (Lipinski definition) is 6. The molecule has 0 saturated heterocycles. The van der Waals surface area contributed by atoms with Crippen molar-refractivity contribution in [2.24, 2.45) is 0 Å². The van der Waals surface area contributed by atoms with Crippen molar-refractivity contribution < 1.29 is 0 Å². The van der Waals surface area contributed by atoms with Crippen molar-refractivity contribution in [3.05, 3.63) is 29.8 Å². The zero-order chi connectivity index (χ0) is 13.1. The molecule has 0 aliphatic carbocycles. The highest BCUT2D eigenvalue weighted by Gasteiger charge is 2.07. The number of nitrogens with one attached hydrogen (secondary N) is 1. The predicted octanol–water partition coefficient (Wildman–Crippen LogP) is 1.57. The molecule has 6 nitrogen and oxygen atoms in total. The number of aryl methyl sites for hydroxylation is 1. The van der Waals surface area contributed by atoms with Gasteiger partial charge in [-0.1, -0.05) is 18.2 Å². The summed E-state index contributed by atoms with van der Waals surface area (Å²) in [6, 6.07) is 7.91. The Bertz CT molecular complexity index is 552. The molecule has 0 radical (unpaired) electrons. The number of aromatic nitrogens is 3. The van der Waals surface area contributed by atoms with Gasteiger partial charge in [-0.2, -0.15) is 15.0 Å². The van der Waals surface area contributed by atoms with E-state index in [1.165, 1.54) is 0 Å². The maximum atomic E-state index is 5.66. The third-order valence-electron chi connectivity index (χ3n) is 2.43. The Morgan fingerprint density at radius 2 is 1.83 bits per heavy atom. The minimum Gasteiger partial charge on any atom is -0.368 e. The van der Waals surface area contributed by atoms with Crippen LogP contribution in [-0.2, 0) is 0 Å². The molecule has 0 atom stereocenters. The molecule has 1 heterocycles. The minimum atomic E-state index is 0.199. The first-order valence-corrected chi connectivity index (χ1v) is 5.58. The van der Waals surface area contributed by atoms with Gasteiger partial charge in [0.2, 0.25) is 17.8 Å². The lowest BCUT2D eigenvalue weighted by atomic mass is 10.2. The molecule has 94 valence electrons. The molecule has 18 heavy (non-hydrogen) atoms. The molecular weight excluding hydrogens is 228 g/mol. The van der Waals surface area contributed by atoms with Crippen molar-refractivity contribution in [3.8, 4) is 0 Å². The lowest BCUT2D eigenvalue weighted by Crippen LogP contribution is -2.15. The van der Waals surface area contributed by atoms with E-state index in [4.69, 9.17) is 5.73 Å². The van der Waals surface area contributed by atoms with Crippen LogP contribution in [0.2, 0.25) is 0 Å². The van der Waals surface area contributed by atoms with Crippen molar-refractivity contribution in [2.75, 3.05) is 30.0 Å². The number of nitrogens with zero attached hydrogens (tertiary/aromatic N) is 4. The molecule has 0 spiro atoms. The van der Waals surface area contributed by atoms with E-state index in [0.29, 0.717) is 11.9 Å². The van der Waals surface area contributed by atoms with Gasteiger partial charge in [-0.15, -0.1) is 0 Å². The highest BCUT2D eigenvalue weighted by atomic mass is 15.3. The number of nitrogens with two attached hydrogens (primary N) is 1. The first-order chi connectivity index (χ1) is 8.56. The predicted molar refractivity (Wildman–Crippen MR) is 73.0 cm³/mol. The zero-order valence-corrected chi connectivity index (χ0v) is 10.7. The molecule has 6 heteroatoms. The molecule has 0 amide bonds. The van der Waals surface area contributed by atoms with Gasteiger partial charge in [0.1, 0.15) is 0 Å². The maximum absolute atomic E-state index is 5.66. The van der Waals surface area contributed by atoms with E-state index < -0.39 is 0 Å². The van der Waals surface area contributed by atoms with Gasteiger partial charge in [0.05, 0.1) is 0 Å². The summed E-state index contributed by atoms with van der Waals surface area (Å²) in [6.07, 6.45) is 0. The molecule has 0 aliphatic heterocycles. The normalized spacial score (nSPS) is 10.2. The second-order valence-corrected chi connectivity index (χ2v) is 4.15. The highest BCUT2D eigenvalue weighted by molar-refractivity contribution is 5.59. The fourth-order valence-electron chi connectivity index (χ4n) is 1.47. The Balaban J connectivity index is 2.32. The largest absolute Gasteiger partial charge is 0.368 e. The molecule has 2 rings (SSSR count). The Labute approximate surface area is 106 Å². The quantitative estimate of drug-likeness (QED) is 0.853. The smallest absolute Gasteiger partial charge is 0.233 e. The Kier molecular flexibility index (Phi) is 3.27. The third-order valence-corrected chi connectivity index (χ3v) is 2.43. The molecule has 0 unspecified atom stereocenters. The second-order valence-electron chi connectivity index (χ2n) is 4.15. The Morgan fingerprint density at radius 1 is 1.11 bits per heavy atom. The summed E-state index contributed by atoms with van der Waals surface area (Å²) < 4.78 is 0. The summed E-state index contributed by atoms with van der Waals surface area (Å²) in [4.78, 5) is 14.2. The van der Waals surface area contributed by atoms with Crippen molar-refractivity contribution in [1.29, 1.82) is 0 Å². The van der Waals surface area contributed by atoms with E-state index >= 15 is 0 Å². The van der Waals surface area contributed by atoms with Gasteiger partial charge >= 0.3 is 0 Å². The van der Waals surface area contributed by atoms with Gasteiger partial charge in [-0.05, 0) is 18.6 Å². The van der Waals surface area contributed by atoms with Gasteiger partial charge in [-0.25, -0.2) is 0 Å². The molecule has 0 saturated carbocycles. The molecule has 0 fully saturated rings. The fourth-order valence-corrected chi connectivity index (χ4v) is 1.47. The van der Waals surface area contributed by atoms with Crippen LogP contribution in [0.4, 0.5) is 23.5 Å². The average molecular weight is 244 g/mol. The van der Waals surface area contributed by atoms with E-state index in [1.54, 1.807) is 4.90 Å². The molecule has 1 aromatic heterocycles. The van der Waals surface area contributed by atoms with Crippen LogP contribution >= 0.6 is 0 Å². The first kappa shape index (κ1) is 12.1. The van der Waals surface area contributed by atoms with Crippen LogP contribution in [0.3, 0.4) is 0 Å². The lowest BCUT2D eigenvalue weighted by molar-refractivity contribution is 0.969. The fraction of sp³-hybridized carbons (Fsp3) is 0.250. The van der Waals surface area contributed by atoms with Crippen LogP contribution < -0.4 is 16.0 Å². The second kappa shape index (κ2) is 4.87. The highest BCUT2D eigenvalue weighted by Crippen LogP contribution is 2.18. The summed E-state index contributed by atoms with van der Waals surface area (Å²) in [5.41, 5.74) is 7.73. The number of hydrogen-bond donors (Lipinski definition) is 2. The molecule has 0 aliphatic rings. The Hall–Kier alpha value is -2.37. The van der Waals surface area contributed by atoms with Gasteiger partial charge in [-0.3, -0.25) is 0 Å². The third kappa shape index (κ3) is 2.65. The van der Waals surface area contributed by atoms with E-state index in [1.807, 2.05) is 45.3 Å². The summed E-state index contributed by atoms with van der Waals surface area (Å²) >= 11 is 0. The van der Waals surface area contributed by atoms with Gasteiger partial charge < -0.3 is 16.0 Å². The molecule has 3 N–H and O–H groups in total. The number of anilines is 4. The Morgan fingerprint density at radius 3 is 2.50 bits per heavy atom. The molecular formula is C12H16N6. The van der Waals surface area contributed by atoms with Crippen molar-refractivity contribution >= 4 is 23.5 Å². The van der Waals surface area contributed by atoms with Gasteiger partial charge in [0.25, 0.3) is 0 Å². The van der Waals surface area contributed by atoms with Crippen LogP contribution in [0.1, 0.15) is 5.56 Å². The van der Waals surface area contributed by atoms with Crippen molar-refractivity contribution in [1.82, 2.24) is 15.0 Å².